The highest BCUT2D eigenvalue weighted by atomic mass is 35.5. The molecule has 0 fully saturated rings. The van der Waals surface area contributed by atoms with Gasteiger partial charge in [-0.15, -0.1) is 0 Å². The van der Waals surface area contributed by atoms with E-state index < -0.39 is 5.97 Å². The van der Waals surface area contributed by atoms with Crippen molar-refractivity contribution >= 4 is 23.6 Å². The molecule has 108 valence electrons. The first kappa shape index (κ1) is 13.6. The van der Waals surface area contributed by atoms with Crippen molar-refractivity contribution in [2.24, 2.45) is 0 Å². The van der Waals surface area contributed by atoms with Crippen LogP contribution in [0, 0.1) is 0 Å². The van der Waals surface area contributed by atoms with Gasteiger partial charge in [0.25, 0.3) is 0 Å². The molecule has 0 spiro atoms. The number of hydrogen-bond acceptors (Lipinski definition) is 5. The van der Waals surface area contributed by atoms with Gasteiger partial charge in [-0.25, -0.2) is 4.79 Å². The van der Waals surface area contributed by atoms with Gasteiger partial charge in [0.05, 0.1) is 11.3 Å². The number of carbonyl (C=O) groups excluding carboxylic acids is 1. The first-order valence-corrected chi connectivity index (χ1v) is 6.56. The van der Waals surface area contributed by atoms with Crippen molar-refractivity contribution < 1.29 is 23.4 Å². The van der Waals surface area contributed by atoms with Gasteiger partial charge in [-0.3, -0.25) is 0 Å². The largest absolute Gasteiger partial charge is 0.465 e. The fourth-order valence-electron chi connectivity index (χ4n) is 1.84. The van der Waals surface area contributed by atoms with E-state index in [1.165, 1.54) is 18.4 Å². The van der Waals surface area contributed by atoms with Gasteiger partial charge in [-0.05, 0) is 35.9 Å². The normalized spacial score (nSPS) is 12.8. The Morgan fingerprint density at radius 1 is 1.38 bits per heavy atom. The Labute approximate surface area is 125 Å². The van der Waals surface area contributed by atoms with E-state index in [1.54, 1.807) is 24.3 Å². The number of benzene rings is 1. The van der Waals surface area contributed by atoms with E-state index in [1.807, 2.05) is 0 Å². The number of furan rings is 1. The van der Waals surface area contributed by atoms with E-state index in [0.717, 1.165) is 5.56 Å². The third kappa shape index (κ3) is 3.20. The highest BCUT2D eigenvalue weighted by molar-refractivity contribution is 6.32. The SMILES string of the molecule is O=C(/C=C/c1ccco1)OCc1cc(Cl)c2c(c1)OCO2. The number of fused-ring (bicyclic) bond motifs is 1. The number of rotatable bonds is 4. The molecular formula is C15H11ClO5. The molecule has 0 radical (unpaired) electrons. The lowest BCUT2D eigenvalue weighted by Gasteiger charge is -2.05. The zero-order chi connectivity index (χ0) is 14.7. The van der Waals surface area contributed by atoms with Gasteiger partial charge >= 0.3 is 5.97 Å². The van der Waals surface area contributed by atoms with Crippen LogP contribution >= 0.6 is 11.6 Å². The van der Waals surface area contributed by atoms with Crippen LogP contribution in [0.1, 0.15) is 11.3 Å². The number of hydrogen-bond donors (Lipinski definition) is 0. The number of esters is 1. The van der Waals surface area contributed by atoms with Crippen LogP contribution in [0.25, 0.3) is 6.08 Å². The van der Waals surface area contributed by atoms with Crippen LogP contribution in [-0.2, 0) is 16.1 Å². The highest BCUT2D eigenvalue weighted by Gasteiger charge is 2.18. The summed E-state index contributed by atoms with van der Waals surface area (Å²) in [7, 11) is 0. The summed E-state index contributed by atoms with van der Waals surface area (Å²) in [6, 6.07) is 6.89. The van der Waals surface area contributed by atoms with Crippen LogP contribution in [0.15, 0.2) is 41.0 Å². The molecule has 1 aromatic carbocycles. The van der Waals surface area contributed by atoms with Crippen molar-refractivity contribution in [1.29, 1.82) is 0 Å². The van der Waals surface area contributed by atoms with Gasteiger partial charge in [0.15, 0.2) is 11.5 Å². The highest BCUT2D eigenvalue weighted by Crippen LogP contribution is 2.39. The minimum Gasteiger partial charge on any atom is -0.465 e. The Balaban J connectivity index is 1.60. The average Bonchev–Trinajstić information content (AvgIpc) is 3.14. The molecule has 0 unspecified atom stereocenters. The average molecular weight is 307 g/mol. The quantitative estimate of drug-likeness (QED) is 0.640. The van der Waals surface area contributed by atoms with Gasteiger partial charge in [0, 0.05) is 6.08 Å². The lowest BCUT2D eigenvalue weighted by molar-refractivity contribution is -0.138. The molecule has 0 saturated heterocycles. The minimum atomic E-state index is -0.472. The molecule has 0 N–H and O–H groups in total. The lowest BCUT2D eigenvalue weighted by atomic mass is 10.2. The first-order valence-electron chi connectivity index (χ1n) is 6.19. The molecule has 0 atom stereocenters. The first-order chi connectivity index (χ1) is 10.2. The van der Waals surface area contributed by atoms with E-state index in [9.17, 15) is 4.79 Å². The smallest absolute Gasteiger partial charge is 0.331 e. The fraction of sp³-hybridized carbons (Fsp3) is 0.133. The maximum Gasteiger partial charge on any atom is 0.331 e. The van der Waals surface area contributed by atoms with Crippen LogP contribution in [0.3, 0.4) is 0 Å². The van der Waals surface area contributed by atoms with Crippen molar-refractivity contribution in [3.8, 4) is 11.5 Å². The summed E-state index contributed by atoms with van der Waals surface area (Å²) < 4.78 is 20.6. The molecule has 1 aromatic heterocycles. The van der Waals surface area contributed by atoms with E-state index in [-0.39, 0.29) is 13.4 Å². The molecule has 1 aliphatic heterocycles. The fourth-order valence-corrected chi connectivity index (χ4v) is 2.13. The Morgan fingerprint density at radius 3 is 3.10 bits per heavy atom. The maximum atomic E-state index is 11.6. The van der Waals surface area contributed by atoms with E-state index in [4.69, 9.17) is 30.2 Å². The Morgan fingerprint density at radius 2 is 2.29 bits per heavy atom. The topological polar surface area (TPSA) is 57.9 Å². The van der Waals surface area contributed by atoms with E-state index in [0.29, 0.717) is 22.3 Å². The van der Waals surface area contributed by atoms with Crippen molar-refractivity contribution in [2.45, 2.75) is 6.61 Å². The summed E-state index contributed by atoms with van der Waals surface area (Å²) in [6.07, 6.45) is 4.36. The Kier molecular flexibility index (Phi) is 3.83. The summed E-state index contributed by atoms with van der Waals surface area (Å²) >= 11 is 6.05. The molecule has 0 aliphatic carbocycles. The number of halogens is 1. The molecule has 0 amide bonds. The zero-order valence-corrected chi connectivity index (χ0v) is 11.6. The summed E-state index contributed by atoms with van der Waals surface area (Å²) in [6.45, 7) is 0.238. The molecule has 5 nitrogen and oxygen atoms in total. The van der Waals surface area contributed by atoms with Crippen LogP contribution in [0.4, 0.5) is 0 Å². The zero-order valence-electron chi connectivity index (χ0n) is 10.9. The Hall–Kier alpha value is -2.40. The van der Waals surface area contributed by atoms with E-state index >= 15 is 0 Å². The molecule has 1 aliphatic rings. The van der Waals surface area contributed by atoms with Gasteiger partial charge < -0.3 is 18.6 Å². The standard InChI is InChI=1S/C15H11ClO5/c16-12-6-10(7-13-15(12)21-9-20-13)8-19-14(17)4-3-11-2-1-5-18-11/h1-7H,8-9H2/b4-3+. The number of ether oxygens (including phenoxy) is 3. The third-order valence-corrected chi connectivity index (χ3v) is 3.08. The second-order valence-electron chi connectivity index (χ2n) is 4.27. The van der Waals surface area contributed by atoms with E-state index in [2.05, 4.69) is 0 Å². The predicted molar refractivity (Wildman–Crippen MR) is 75.1 cm³/mol. The van der Waals surface area contributed by atoms with Crippen LogP contribution in [0.2, 0.25) is 5.02 Å². The van der Waals surface area contributed by atoms with Gasteiger partial charge in [0.2, 0.25) is 6.79 Å². The van der Waals surface area contributed by atoms with Crippen molar-refractivity contribution in [2.75, 3.05) is 6.79 Å². The number of carbonyl (C=O) groups is 1. The Bertz CT molecular complexity index is 676. The molecule has 0 bridgehead atoms. The molecular weight excluding hydrogens is 296 g/mol. The predicted octanol–water partition coefficient (Wildman–Crippen LogP) is 3.42. The summed E-state index contributed by atoms with van der Waals surface area (Å²) in [5.74, 6) is 1.18. The van der Waals surface area contributed by atoms with Gasteiger partial charge in [-0.2, -0.15) is 0 Å². The maximum absolute atomic E-state index is 11.6. The molecule has 2 heterocycles. The van der Waals surface area contributed by atoms with Gasteiger partial charge in [0.1, 0.15) is 12.4 Å². The van der Waals surface area contributed by atoms with Crippen molar-refractivity contribution in [3.63, 3.8) is 0 Å². The van der Waals surface area contributed by atoms with Crippen molar-refractivity contribution in [3.05, 3.63) is 53.0 Å². The summed E-state index contributed by atoms with van der Waals surface area (Å²) in [5.41, 5.74) is 0.726. The molecule has 21 heavy (non-hydrogen) atoms. The van der Waals surface area contributed by atoms with Crippen molar-refractivity contribution in [1.82, 2.24) is 0 Å². The lowest BCUT2D eigenvalue weighted by Crippen LogP contribution is -2.00. The summed E-state index contributed by atoms with van der Waals surface area (Å²) in [4.78, 5) is 11.6. The monoisotopic (exact) mass is 306 g/mol. The minimum absolute atomic E-state index is 0.0949. The molecule has 0 saturated carbocycles. The van der Waals surface area contributed by atoms with Crippen LogP contribution < -0.4 is 9.47 Å². The summed E-state index contributed by atoms with van der Waals surface area (Å²) in [5, 5.41) is 0.433. The molecule has 6 heteroatoms. The van der Waals surface area contributed by atoms with Crippen LogP contribution in [-0.4, -0.2) is 12.8 Å². The van der Waals surface area contributed by atoms with Crippen LogP contribution in [0.5, 0.6) is 11.5 Å². The van der Waals surface area contributed by atoms with Gasteiger partial charge in [-0.1, -0.05) is 11.6 Å². The molecule has 2 aromatic rings. The second-order valence-corrected chi connectivity index (χ2v) is 4.68. The third-order valence-electron chi connectivity index (χ3n) is 2.79. The second kappa shape index (κ2) is 5.93. The molecule has 3 rings (SSSR count).